The molecular weight excluding hydrogens is 119 g/mol. The average Bonchev–Trinajstić information content (AvgIpc) is 1.86. The Hall–Kier alpha value is 0.230. The van der Waals surface area contributed by atoms with Gasteiger partial charge in [0.25, 0.3) is 0 Å². The van der Waals surface area contributed by atoms with Crippen molar-refractivity contribution in [2.24, 2.45) is 0 Å². The van der Waals surface area contributed by atoms with Gasteiger partial charge in [0.15, 0.2) is 0 Å². The number of rotatable bonds is 0. The van der Waals surface area contributed by atoms with Gasteiger partial charge < -0.3 is 4.57 Å². The zero-order valence-corrected chi connectivity index (χ0v) is 6.53. The van der Waals surface area contributed by atoms with Crippen LogP contribution in [-0.2, 0) is 4.57 Å². The van der Waals surface area contributed by atoms with Gasteiger partial charge in [-0.3, -0.25) is 0 Å². The zero-order chi connectivity index (χ0) is 6.20. The maximum atomic E-state index is 11.1. The molecule has 0 amide bonds. The third-order valence-electron chi connectivity index (χ3n) is 1.96. The summed E-state index contributed by atoms with van der Waals surface area (Å²) in [6, 6.07) is 0. The quantitative estimate of drug-likeness (QED) is 0.461. The molecule has 0 aromatic rings. The van der Waals surface area contributed by atoms with Gasteiger partial charge >= 0.3 is 0 Å². The van der Waals surface area contributed by atoms with Crippen LogP contribution in [0.5, 0.6) is 0 Å². The topological polar surface area (TPSA) is 17.1 Å². The number of hydrogen-bond donors (Lipinski definition) is 0. The van der Waals surface area contributed by atoms with Gasteiger partial charge in [-0.2, -0.15) is 0 Å². The molecule has 2 heteroatoms. The average molecular weight is 132 g/mol. The highest BCUT2D eigenvalue weighted by molar-refractivity contribution is 7.46. The largest absolute Gasteiger partial charge is 0.326 e. The van der Waals surface area contributed by atoms with Gasteiger partial charge in [0.2, 0.25) is 0 Å². The van der Waals surface area contributed by atoms with E-state index in [1.165, 1.54) is 12.8 Å². The van der Waals surface area contributed by atoms with E-state index in [-0.39, 0.29) is 5.16 Å². The summed E-state index contributed by atoms with van der Waals surface area (Å²) in [5.41, 5.74) is 0. The van der Waals surface area contributed by atoms with Crippen LogP contribution in [0.2, 0.25) is 0 Å². The van der Waals surface area contributed by atoms with Gasteiger partial charge in [0.05, 0.1) is 7.80 Å². The first-order valence-electron chi connectivity index (χ1n) is 3.16. The first-order valence-corrected chi connectivity index (χ1v) is 4.78. The Bertz CT molecular complexity index is 118. The summed E-state index contributed by atoms with van der Waals surface area (Å²) < 4.78 is 11.1. The van der Waals surface area contributed by atoms with Crippen LogP contribution in [0.3, 0.4) is 0 Å². The molecule has 0 saturated carbocycles. The molecule has 1 atom stereocenters. The predicted octanol–water partition coefficient (Wildman–Crippen LogP) is 2.12. The zero-order valence-electron chi connectivity index (χ0n) is 5.53. The van der Waals surface area contributed by atoms with Gasteiger partial charge in [-0.25, -0.2) is 0 Å². The summed E-state index contributed by atoms with van der Waals surface area (Å²) in [7, 11) is -1.18. The minimum absolute atomic E-state index is 0.199. The van der Waals surface area contributed by atoms with Crippen molar-refractivity contribution in [2.75, 3.05) is 6.16 Å². The molecule has 0 aromatic carbocycles. The van der Waals surface area contributed by atoms with Crippen LogP contribution in [0, 0.1) is 0 Å². The molecule has 1 heterocycles. The van der Waals surface area contributed by atoms with Crippen molar-refractivity contribution in [1.29, 1.82) is 0 Å². The molecule has 1 fully saturated rings. The Morgan fingerprint density at radius 2 is 2.12 bits per heavy atom. The van der Waals surface area contributed by atoms with Crippen molar-refractivity contribution in [3.8, 4) is 0 Å². The summed E-state index contributed by atoms with van der Waals surface area (Å²) in [5, 5.41) is 0.199. The van der Waals surface area contributed by atoms with E-state index < -0.39 is 7.80 Å². The third-order valence-corrected chi connectivity index (χ3v) is 4.53. The van der Waals surface area contributed by atoms with Crippen molar-refractivity contribution in [3.05, 3.63) is 0 Å². The van der Waals surface area contributed by atoms with Gasteiger partial charge in [-0.05, 0) is 19.0 Å². The van der Waals surface area contributed by atoms with E-state index in [0.717, 1.165) is 6.16 Å². The Morgan fingerprint density at radius 3 is 2.25 bits per heavy atom. The molecule has 0 radical (unpaired) electrons. The second-order valence-corrected chi connectivity index (χ2v) is 5.86. The summed E-state index contributed by atoms with van der Waals surface area (Å²) in [6.07, 6.45) is 3.35. The Balaban J connectivity index is 2.68. The number of hydrogen-bond acceptors (Lipinski definition) is 1. The molecule has 48 valence electrons. The first-order chi connectivity index (χ1) is 3.63. The van der Waals surface area contributed by atoms with E-state index in [4.69, 9.17) is 0 Å². The van der Waals surface area contributed by atoms with Crippen LogP contribution in [0.15, 0.2) is 0 Å². The Labute approximate surface area is 51.3 Å². The minimum Gasteiger partial charge on any atom is -0.326 e. The second kappa shape index (κ2) is 1.88. The van der Waals surface area contributed by atoms with Crippen molar-refractivity contribution in [3.63, 3.8) is 0 Å². The molecule has 1 nitrogen and oxygen atoms in total. The molecule has 0 N–H and O–H groups in total. The molecule has 0 aliphatic carbocycles. The van der Waals surface area contributed by atoms with Gasteiger partial charge in [0, 0.05) is 5.16 Å². The van der Waals surface area contributed by atoms with Gasteiger partial charge in [-0.15, -0.1) is 0 Å². The van der Waals surface area contributed by atoms with Crippen LogP contribution < -0.4 is 0 Å². The monoisotopic (exact) mass is 132 g/mol. The van der Waals surface area contributed by atoms with Crippen molar-refractivity contribution < 1.29 is 4.57 Å². The summed E-state index contributed by atoms with van der Waals surface area (Å²) >= 11 is 0. The van der Waals surface area contributed by atoms with Gasteiger partial charge in [0.1, 0.15) is 0 Å². The lowest BCUT2D eigenvalue weighted by atomic mass is 10.1. The third kappa shape index (κ3) is 0.974. The van der Waals surface area contributed by atoms with Crippen molar-refractivity contribution in [1.82, 2.24) is 0 Å². The molecule has 8 heavy (non-hydrogen) atoms. The van der Waals surface area contributed by atoms with E-state index in [1.807, 2.05) is 0 Å². The Morgan fingerprint density at radius 1 is 1.50 bits per heavy atom. The minimum atomic E-state index is -1.18. The maximum absolute atomic E-state index is 11.1. The molecule has 1 unspecified atom stereocenters. The molecule has 1 aliphatic heterocycles. The fourth-order valence-corrected chi connectivity index (χ4v) is 2.80. The smallest absolute Gasteiger partial charge is 0.0815 e. The summed E-state index contributed by atoms with van der Waals surface area (Å²) in [6.45, 7) is 4.22. The highest BCUT2D eigenvalue weighted by Crippen LogP contribution is 2.48. The standard InChI is InChI=1S/C6H13OP/c1-6(2)4-3-5-8(6)7/h8H,3-5H2,1-2H3. The van der Waals surface area contributed by atoms with Crippen LogP contribution in [0.4, 0.5) is 0 Å². The lowest BCUT2D eigenvalue weighted by Crippen LogP contribution is -2.07. The van der Waals surface area contributed by atoms with Crippen LogP contribution >= 0.6 is 7.80 Å². The van der Waals surface area contributed by atoms with E-state index in [1.54, 1.807) is 0 Å². The van der Waals surface area contributed by atoms with E-state index >= 15 is 0 Å². The molecule has 0 aromatic heterocycles. The van der Waals surface area contributed by atoms with E-state index in [0.29, 0.717) is 0 Å². The molecular formula is C6H13OP. The highest BCUT2D eigenvalue weighted by atomic mass is 31.1. The SMILES string of the molecule is CC1(C)CCC[PH]1=O. The lowest BCUT2D eigenvalue weighted by molar-refractivity contribution is 0.563. The summed E-state index contributed by atoms with van der Waals surface area (Å²) in [4.78, 5) is 0. The predicted molar refractivity (Wildman–Crippen MR) is 37.2 cm³/mol. The Kier molecular flexibility index (Phi) is 1.49. The molecule has 1 rings (SSSR count). The molecule has 0 bridgehead atoms. The maximum Gasteiger partial charge on any atom is 0.0815 e. The van der Waals surface area contributed by atoms with Gasteiger partial charge in [-0.1, -0.05) is 13.8 Å². The molecule has 1 aliphatic rings. The van der Waals surface area contributed by atoms with Crippen molar-refractivity contribution >= 4 is 7.80 Å². The second-order valence-electron chi connectivity index (χ2n) is 3.16. The highest BCUT2D eigenvalue weighted by Gasteiger charge is 2.30. The van der Waals surface area contributed by atoms with E-state index in [2.05, 4.69) is 13.8 Å². The van der Waals surface area contributed by atoms with Crippen LogP contribution in [0.25, 0.3) is 0 Å². The summed E-state index contributed by atoms with van der Waals surface area (Å²) in [5.74, 6) is 0. The molecule has 1 saturated heterocycles. The fourth-order valence-electron chi connectivity index (χ4n) is 1.17. The van der Waals surface area contributed by atoms with E-state index in [9.17, 15) is 4.57 Å². The van der Waals surface area contributed by atoms with Crippen LogP contribution in [0.1, 0.15) is 26.7 Å². The lowest BCUT2D eigenvalue weighted by Gasteiger charge is -2.13. The van der Waals surface area contributed by atoms with Crippen molar-refractivity contribution in [2.45, 2.75) is 31.8 Å². The normalized spacial score (nSPS) is 35.5. The fraction of sp³-hybridized carbons (Fsp3) is 1.00. The van der Waals surface area contributed by atoms with Crippen LogP contribution in [-0.4, -0.2) is 11.3 Å². The first kappa shape index (κ1) is 6.35. The molecule has 0 spiro atoms.